The normalized spacial score (nSPS) is 19.8. The van der Waals surface area contributed by atoms with Crippen molar-refractivity contribution in [1.29, 1.82) is 5.26 Å². The van der Waals surface area contributed by atoms with Crippen LogP contribution < -0.4 is 21.3 Å². The molecule has 2 aliphatic rings. The number of imidazole rings is 1. The number of aromatic nitrogens is 4. The van der Waals surface area contributed by atoms with Crippen molar-refractivity contribution in [2.24, 2.45) is 13.0 Å². The van der Waals surface area contributed by atoms with E-state index in [4.69, 9.17) is 16.9 Å². The Kier molecular flexibility index (Phi) is 8.43. The lowest BCUT2D eigenvalue weighted by Crippen LogP contribution is -2.54. The van der Waals surface area contributed by atoms with E-state index < -0.39 is 23.7 Å². The maximum atomic E-state index is 13.6. The first-order valence-electron chi connectivity index (χ1n) is 13.4. The molecule has 0 radical (unpaired) electrons. The van der Waals surface area contributed by atoms with Crippen LogP contribution in [0.25, 0.3) is 11.3 Å². The lowest BCUT2D eigenvalue weighted by Gasteiger charge is -2.36. The number of nitrogens with one attached hydrogen (secondary N) is 4. The summed E-state index contributed by atoms with van der Waals surface area (Å²) in [5, 5.41) is 24.0. The van der Waals surface area contributed by atoms with E-state index in [9.17, 15) is 27.6 Å². The largest absolute Gasteiger partial charge is 0.435 e. The van der Waals surface area contributed by atoms with Gasteiger partial charge in [0.05, 0.1) is 40.0 Å². The summed E-state index contributed by atoms with van der Waals surface area (Å²) in [5.41, 5.74) is -1.14. The van der Waals surface area contributed by atoms with E-state index >= 15 is 0 Å². The monoisotopic (exact) mass is 617 g/mol. The van der Waals surface area contributed by atoms with E-state index in [0.717, 1.165) is 30.0 Å². The molecular weight excluding hydrogens is 591 g/mol. The topological polar surface area (TPSA) is 159 Å². The second-order valence-corrected chi connectivity index (χ2v) is 10.9. The summed E-state index contributed by atoms with van der Waals surface area (Å²) in [6.07, 6.45) is -0.577. The van der Waals surface area contributed by atoms with Gasteiger partial charge < -0.3 is 25.8 Å². The lowest BCUT2D eigenvalue weighted by molar-refractivity contribution is -0.141. The SMILES string of the molecule is Cn1c(-c2cn(CC#N)nc2C(F)(F)F)cnc1C(=O)Nc1ccc(C(=O)N[C@H]2C[C@@H](NC(=O)[C@@H]3CCNC3)C2)c(Cl)c1. The van der Waals surface area contributed by atoms with E-state index in [1.54, 1.807) is 6.07 Å². The molecule has 1 saturated carbocycles. The van der Waals surface area contributed by atoms with Gasteiger partial charge in [0.15, 0.2) is 11.5 Å². The van der Waals surface area contributed by atoms with E-state index in [1.165, 1.54) is 29.8 Å². The minimum Gasteiger partial charge on any atom is -0.353 e. The first-order chi connectivity index (χ1) is 20.4. The van der Waals surface area contributed by atoms with Gasteiger partial charge >= 0.3 is 6.18 Å². The number of alkyl halides is 3. The molecule has 1 saturated heterocycles. The molecule has 3 amide bonds. The zero-order chi connectivity index (χ0) is 30.9. The second kappa shape index (κ2) is 12.1. The third kappa shape index (κ3) is 6.50. The zero-order valence-electron chi connectivity index (χ0n) is 22.8. The third-order valence-electron chi connectivity index (χ3n) is 7.45. The van der Waals surface area contributed by atoms with Crippen LogP contribution in [0, 0.1) is 17.2 Å². The molecule has 5 rings (SSSR count). The summed E-state index contributed by atoms with van der Waals surface area (Å²) < 4.78 is 42.8. The predicted molar refractivity (Wildman–Crippen MR) is 148 cm³/mol. The Hall–Kier alpha value is -4.42. The maximum Gasteiger partial charge on any atom is 0.435 e. The van der Waals surface area contributed by atoms with Crippen LogP contribution in [0.4, 0.5) is 18.9 Å². The molecule has 1 aliphatic carbocycles. The lowest BCUT2D eigenvalue weighted by atomic mass is 9.86. The van der Waals surface area contributed by atoms with E-state index in [1.807, 2.05) is 0 Å². The Morgan fingerprint density at radius 2 is 1.93 bits per heavy atom. The molecule has 2 aromatic heterocycles. The van der Waals surface area contributed by atoms with Crippen LogP contribution >= 0.6 is 11.6 Å². The van der Waals surface area contributed by atoms with E-state index in [0.29, 0.717) is 19.4 Å². The Bertz CT molecular complexity index is 1600. The van der Waals surface area contributed by atoms with Crippen molar-refractivity contribution < 1.29 is 27.6 Å². The minimum atomic E-state index is -4.79. The second-order valence-electron chi connectivity index (χ2n) is 10.5. The van der Waals surface area contributed by atoms with Gasteiger partial charge in [0.25, 0.3) is 11.8 Å². The van der Waals surface area contributed by atoms with E-state index in [-0.39, 0.29) is 63.8 Å². The van der Waals surface area contributed by atoms with Gasteiger partial charge in [0, 0.05) is 37.6 Å². The number of carbonyl (C=O) groups excluding carboxylic acids is 3. The van der Waals surface area contributed by atoms with Crippen LogP contribution in [-0.4, -0.2) is 62.2 Å². The fourth-order valence-electron chi connectivity index (χ4n) is 5.12. The van der Waals surface area contributed by atoms with Crippen LogP contribution in [0.2, 0.25) is 5.02 Å². The number of hydrogen-bond acceptors (Lipinski definition) is 7. The Morgan fingerprint density at radius 1 is 1.19 bits per heavy atom. The average Bonchev–Trinajstić information content (AvgIpc) is 3.67. The molecule has 0 bridgehead atoms. The summed E-state index contributed by atoms with van der Waals surface area (Å²) >= 11 is 6.34. The van der Waals surface area contributed by atoms with Gasteiger partial charge in [0.2, 0.25) is 5.91 Å². The highest BCUT2D eigenvalue weighted by molar-refractivity contribution is 6.34. The van der Waals surface area contributed by atoms with Gasteiger partial charge in [-0.2, -0.15) is 23.5 Å². The minimum absolute atomic E-state index is 0.00637. The molecule has 0 spiro atoms. The van der Waals surface area contributed by atoms with Crippen LogP contribution in [-0.2, 0) is 24.6 Å². The number of nitriles is 1. The number of anilines is 1. The van der Waals surface area contributed by atoms with Crippen LogP contribution in [0.1, 0.15) is 45.9 Å². The summed E-state index contributed by atoms with van der Waals surface area (Å²) in [4.78, 5) is 42.0. The van der Waals surface area contributed by atoms with Crippen LogP contribution in [0.15, 0.2) is 30.6 Å². The molecule has 43 heavy (non-hydrogen) atoms. The van der Waals surface area contributed by atoms with Gasteiger partial charge in [-0.15, -0.1) is 0 Å². The molecular formula is C27H27ClF3N9O3. The Labute approximate surface area is 248 Å². The number of hydrogen-bond donors (Lipinski definition) is 4. The first kappa shape index (κ1) is 30.1. The quantitative estimate of drug-likeness (QED) is 0.302. The summed E-state index contributed by atoms with van der Waals surface area (Å²) in [7, 11) is 1.38. The number of rotatable bonds is 8. The number of benzene rings is 1. The molecule has 2 fully saturated rings. The maximum absolute atomic E-state index is 13.6. The van der Waals surface area contributed by atoms with Crippen molar-refractivity contribution in [3.63, 3.8) is 0 Å². The van der Waals surface area contributed by atoms with Crippen molar-refractivity contribution in [3.05, 3.63) is 52.7 Å². The third-order valence-corrected chi connectivity index (χ3v) is 7.77. The molecule has 3 aromatic rings. The molecule has 4 N–H and O–H groups in total. The summed E-state index contributed by atoms with van der Waals surface area (Å²) in [5.74, 6) is -1.31. The van der Waals surface area contributed by atoms with E-state index in [2.05, 4.69) is 31.3 Å². The van der Waals surface area contributed by atoms with Crippen molar-refractivity contribution in [2.75, 3.05) is 18.4 Å². The van der Waals surface area contributed by atoms with Crippen molar-refractivity contribution in [1.82, 2.24) is 35.3 Å². The van der Waals surface area contributed by atoms with Gasteiger partial charge in [0.1, 0.15) is 6.54 Å². The van der Waals surface area contributed by atoms with Gasteiger partial charge in [-0.1, -0.05) is 11.6 Å². The fraction of sp³-hybridized carbons (Fsp3) is 0.407. The highest BCUT2D eigenvalue weighted by Crippen LogP contribution is 2.36. The zero-order valence-corrected chi connectivity index (χ0v) is 23.6. The predicted octanol–water partition coefficient (Wildman–Crippen LogP) is 2.72. The molecule has 16 heteroatoms. The smallest absolute Gasteiger partial charge is 0.353 e. The standard InChI is InChI=1S/C27H27ClF3N9O3/c1-39-21(19-13-40(7-5-32)38-22(19)27(29,30)31)12-34-23(39)26(43)35-15-2-3-18(20(28)10-15)25(42)37-17-8-16(9-17)36-24(41)14-4-6-33-11-14/h2-3,10,12-14,16-17,33H,4,6-9,11H2,1H3,(H,35,43)(H,36,41)(H,37,42)/t14-,16-,17+/m1/s1. The average molecular weight is 618 g/mol. The molecule has 226 valence electrons. The summed E-state index contributed by atoms with van der Waals surface area (Å²) in [6, 6.07) is 5.92. The Morgan fingerprint density at radius 3 is 2.58 bits per heavy atom. The number of nitrogens with zero attached hydrogens (tertiary/aromatic N) is 5. The van der Waals surface area contributed by atoms with Gasteiger partial charge in [-0.3, -0.25) is 19.1 Å². The van der Waals surface area contributed by atoms with Crippen molar-refractivity contribution in [3.8, 4) is 17.3 Å². The van der Waals surface area contributed by atoms with Crippen LogP contribution in [0.3, 0.4) is 0 Å². The first-order valence-corrected chi connectivity index (χ1v) is 13.8. The highest BCUT2D eigenvalue weighted by atomic mass is 35.5. The Balaban J connectivity index is 1.20. The van der Waals surface area contributed by atoms with Crippen molar-refractivity contribution >= 4 is 35.0 Å². The molecule has 0 unspecified atom stereocenters. The number of carbonyl (C=O) groups is 3. The van der Waals surface area contributed by atoms with Crippen molar-refractivity contribution in [2.45, 2.75) is 44.1 Å². The van der Waals surface area contributed by atoms with Gasteiger partial charge in [-0.05, 0) is 44.0 Å². The van der Waals surface area contributed by atoms with Crippen LogP contribution in [0.5, 0.6) is 0 Å². The summed E-state index contributed by atoms with van der Waals surface area (Å²) in [6.45, 7) is 1.12. The molecule has 1 aliphatic heterocycles. The highest BCUT2D eigenvalue weighted by Gasteiger charge is 2.39. The molecule has 3 heterocycles. The molecule has 12 nitrogen and oxygen atoms in total. The number of amides is 3. The fourth-order valence-corrected chi connectivity index (χ4v) is 5.39. The molecule has 1 atom stereocenters. The van der Waals surface area contributed by atoms with Gasteiger partial charge in [-0.25, -0.2) is 4.98 Å². The molecule has 1 aromatic carbocycles. The number of halogens is 4.